The van der Waals surface area contributed by atoms with Crippen molar-refractivity contribution in [2.24, 2.45) is 5.73 Å². The summed E-state index contributed by atoms with van der Waals surface area (Å²) in [6.45, 7) is 6.11. The second kappa shape index (κ2) is 6.96. The van der Waals surface area contributed by atoms with Gasteiger partial charge in [0.25, 0.3) is 0 Å². The average Bonchev–Trinajstić information content (AvgIpc) is 2.89. The minimum Gasteiger partial charge on any atom is -0.368 e. The van der Waals surface area contributed by atoms with E-state index < -0.39 is 5.41 Å². The van der Waals surface area contributed by atoms with E-state index in [9.17, 15) is 10.1 Å². The van der Waals surface area contributed by atoms with E-state index in [2.05, 4.69) is 23.1 Å². The summed E-state index contributed by atoms with van der Waals surface area (Å²) in [5.74, 6) is 0.0731. The summed E-state index contributed by atoms with van der Waals surface area (Å²) >= 11 is 0. The molecule has 0 saturated carbocycles. The Balaban J connectivity index is 1.80. The summed E-state index contributed by atoms with van der Waals surface area (Å²) in [4.78, 5) is 17.6. The van der Waals surface area contributed by atoms with Gasteiger partial charge in [-0.3, -0.25) is 4.79 Å². The third kappa shape index (κ3) is 2.94. The molecule has 0 bridgehead atoms. The molecule has 2 aliphatic heterocycles. The van der Waals surface area contributed by atoms with Crippen molar-refractivity contribution < 1.29 is 4.79 Å². The van der Waals surface area contributed by atoms with E-state index in [1.54, 1.807) is 6.07 Å². The number of piperidine rings is 1. The number of benzene rings is 2. The molecule has 5 nitrogen and oxygen atoms in total. The van der Waals surface area contributed by atoms with Crippen LogP contribution in [0, 0.1) is 11.3 Å². The van der Waals surface area contributed by atoms with Gasteiger partial charge in [0.15, 0.2) is 0 Å². The maximum Gasteiger partial charge on any atom is 0.237 e. The quantitative estimate of drug-likeness (QED) is 0.894. The molecule has 4 rings (SSSR count). The van der Waals surface area contributed by atoms with E-state index in [1.165, 1.54) is 0 Å². The molecule has 0 spiro atoms. The van der Waals surface area contributed by atoms with Crippen molar-refractivity contribution in [2.75, 3.05) is 22.9 Å². The zero-order valence-corrected chi connectivity index (χ0v) is 16.5. The highest BCUT2D eigenvalue weighted by atomic mass is 16.2. The van der Waals surface area contributed by atoms with Crippen molar-refractivity contribution in [3.8, 4) is 6.07 Å². The van der Waals surface area contributed by atoms with Crippen LogP contribution in [-0.4, -0.2) is 25.0 Å². The molecule has 1 amide bonds. The fraction of sp³-hybridized carbons (Fsp3) is 0.391. The number of nitriles is 1. The first-order valence-electron chi connectivity index (χ1n) is 9.87. The number of anilines is 2. The standard InChI is InChI=1S/C23H26N4O/c1-23(2)19-10-5-11-20(26-12-6-9-18(25)15-26)21(19)27(22(23)28)14-17-8-4-3-7-16(17)13-24/h3-5,7-8,10-11,18H,6,9,12,14-15,25H2,1-2H3. The molecule has 0 aliphatic carbocycles. The molecule has 28 heavy (non-hydrogen) atoms. The van der Waals surface area contributed by atoms with E-state index >= 15 is 0 Å². The summed E-state index contributed by atoms with van der Waals surface area (Å²) in [5.41, 5.74) is 10.2. The first-order chi connectivity index (χ1) is 13.4. The summed E-state index contributed by atoms with van der Waals surface area (Å²) in [6.07, 6.45) is 2.09. The first kappa shape index (κ1) is 18.5. The van der Waals surface area contributed by atoms with Crippen LogP contribution in [0.25, 0.3) is 0 Å². The number of carbonyl (C=O) groups is 1. The molecule has 0 aromatic heterocycles. The molecule has 2 aromatic rings. The van der Waals surface area contributed by atoms with Gasteiger partial charge in [-0.1, -0.05) is 30.3 Å². The predicted octanol–water partition coefficient (Wildman–Crippen LogP) is 3.31. The van der Waals surface area contributed by atoms with Crippen LogP contribution in [0.2, 0.25) is 0 Å². The molecule has 2 aliphatic rings. The minimum atomic E-state index is -0.592. The van der Waals surface area contributed by atoms with Gasteiger partial charge in [-0.25, -0.2) is 0 Å². The lowest BCUT2D eigenvalue weighted by molar-refractivity contribution is -0.122. The fourth-order valence-electron chi connectivity index (χ4n) is 4.45. The van der Waals surface area contributed by atoms with E-state index in [0.717, 1.165) is 48.4 Å². The Morgan fingerprint density at radius 1 is 1.21 bits per heavy atom. The summed E-state index contributed by atoms with van der Waals surface area (Å²) in [5, 5.41) is 9.47. The fourth-order valence-corrected chi connectivity index (χ4v) is 4.45. The Bertz CT molecular complexity index is 959. The number of amides is 1. The van der Waals surface area contributed by atoms with E-state index in [0.29, 0.717) is 12.1 Å². The summed E-state index contributed by atoms with van der Waals surface area (Å²) < 4.78 is 0. The van der Waals surface area contributed by atoms with Crippen LogP contribution < -0.4 is 15.5 Å². The molecular formula is C23H26N4O. The van der Waals surface area contributed by atoms with Crippen LogP contribution in [0.3, 0.4) is 0 Å². The lowest BCUT2D eigenvalue weighted by atomic mass is 9.86. The number of hydrogen-bond acceptors (Lipinski definition) is 4. The second-order valence-corrected chi connectivity index (χ2v) is 8.31. The molecule has 144 valence electrons. The van der Waals surface area contributed by atoms with Gasteiger partial charge in [0, 0.05) is 19.1 Å². The van der Waals surface area contributed by atoms with E-state index in [1.807, 2.05) is 43.0 Å². The van der Waals surface area contributed by atoms with Crippen molar-refractivity contribution in [3.63, 3.8) is 0 Å². The van der Waals surface area contributed by atoms with Crippen molar-refractivity contribution in [1.82, 2.24) is 0 Å². The summed E-state index contributed by atoms with van der Waals surface area (Å²) in [6, 6.07) is 16.1. The first-order valence-corrected chi connectivity index (χ1v) is 9.87. The van der Waals surface area contributed by atoms with Crippen molar-refractivity contribution in [3.05, 3.63) is 59.2 Å². The number of hydrogen-bond donors (Lipinski definition) is 1. The van der Waals surface area contributed by atoms with Crippen LogP contribution in [0.4, 0.5) is 11.4 Å². The molecule has 2 N–H and O–H groups in total. The molecule has 1 fully saturated rings. The zero-order chi connectivity index (χ0) is 19.9. The van der Waals surface area contributed by atoms with Crippen LogP contribution >= 0.6 is 0 Å². The highest BCUT2D eigenvalue weighted by Gasteiger charge is 2.45. The molecule has 0 radical (unpaired) electrons. The third-order valence-electron chi connectivity index (χ3n) is 6.00. The predicted molar refractivity (Wildman–Crippen MR) is 111 cm³/mol. The highest BCUT2D eigenvalue weighted by molar-refractivity contribution is 6.10. The minimum absolute atomic E-state index is 0.0731. The summed E-state index contributed by atoms with van der Waals surface area (Å²) in [7, 11) is 0. The van der Waals surface area contributed by atoms with Gasteiger partial charge < -0.3 is 15.5 Å². The van der Waals surface area contributed by atoms with Crippen molar-refractivity contribution >= 4 is 17.3 Å². The second-order valence-electron chi connectivity index (χ2n) is 8.31. The number of nitrogens with two attached hydrogens (primary N) is 1. The van der Waals surface area contributed by atoms with Gasteiger partial charge in [0.1, 0.15) is 0 Å². The van der Waals surface area contributed by atoms with Gasteiger partial charge >= 0.3 is 0 Å². The smallest absolute Gasteiger partial charge is 0.237 e. The van der Waals surface area contributed by atoms with Crippen LogP contribution in [-0.2, 0) is 16.8 Å². The van der Waals surface area contributed by atoms with Gasteiger partial charge in [-0.2, -0.15) is 5.26 Å². The van der Waals surface area contributed by atoms with Gasteiger partial charge in [-0.15, -0.1) is 0 Å². The van der Waals surface area contributed by atoms with Crippen LogP contribution in [0.15, 0.2) is 42.5 Å². The molecule has 2 aromatic carbocycles. The molecule has 1 atom stereocenters. The van der Waals surface area contributed by atoms with Gasteiger partial charge in [0.05, 0.1) is 35.0 Å². The molecule has 1 saturated heterocycles. The highest BCUT2D eigenvalue weighted by Crippen LogP contribution is 2.47. The Kier molecular flexibility index (Phi) is 4.60. The monoisotopic (exact) mass is 374 g/mol. The van der Waals surface area contributed by atoms with Crippen molar-refractivity contribution in [1.29, 1.82) is 5.26 Å². The Labute approximate surface area is 166 Å². The maximum atomic E-state index is 13.4. The van der Waals surface area contributed by atoms with E-state index in [4.69, 9.17) is 5.73 Å². The maximum absolute atomic E-state index is 13.4. The Morgan fingerprint density at radius 3 is 2.75 bits per heavy atom. The number of para-hydroxylation sites is 1. The lowest BCUT2D eigenvalue weighted by Crippen LogP contribution is -2.43. The van der Waals surface area contributed by atoms with E-state index in [-0.39, 0.29) is 11.9 Å². The third-order valence-corrected chi connectivity index (χ3v) is 6.00. The van der Waals surface area contributed by atoms with Gasteiger partial charge in [-0.05, 0) is 49.9 Å². The topological polar surface area (TPSA) is 73.4 Å². The Hall–Kier alpha value is -2.84. The number of carbonyl (C=O) groups excluding carboxylic acids is 1. The molecule has 2 heterocycles. The lowest BCUT2D eigenvalue weighted by Gasteiger charge is -2.35. The normalized spacial score (nSPS) is 20.8. The SMILES string of the molecule is CC1(C)C(=O)N(Cc2ccccc2C#N)c2c(N3CCCC(N)C3)cccc21. The molecular weight excluding hydrogens is 348 g/mol. The van der Waals surface area contributed by atoms with Gasteiger partial charge in [0.2, 0.25) is 5.91 Å². The Morgan fingerprint density at radius 2 is 2.00 bits per heavy atom. The number of rotatable bonds is 3. The number of nitrogens with zero attached hydrogens (tertiary/aromatic N) is 3. The zero-order valence-electron chi connectivity index (χ0n) is 16.5. The number of fused-ring (bicyclic) bond motifs is 1. The average molecular weight is 374 g/mol. The van der Waals surface area contributed by atoms with Crippen LogP contribution in [0.1, 0.15) is 43.4 Å². The largest absolute Gasteiger partial charge is 0.368 e. The van der Waals surface area contributed by atoms with Crippen LogP contribution in [0.5, 0.6) is 0 Å². The molecule has 5 heteroatoms. The van der Waals surface area contributed by atoms with Crippen molar-refractivity contribution in [2.45, 2.75) is 44.7 Å². The molecule has 1 unspecified atom stereocenters.